The number of amides is 3. The van der Waals surface area contributed by atoms with Gasteiger partial charge >= 0.3 is 6.03 Å². The molecule has 2 aromatic heterocycles. The molecule has 3 aromatic rings. The Morgan fingerprint density at radius 3 is 2.48 bits per heavy atom. The molecule has 164 valence electrons. The summed E-state index contributed by atoms with van der Waals surface area (Å²) in [4.78, 5) is 29.2. The molecule has 0 saturated heterocycles. The smallest absolute Gasteiger partial charge is 0.322 e. The molecule has 0 bridgehead atoms. The maximum atomic E-state index is 13.2. The van der Waals surface area contributed by atoms with Crippen LogP contribution in [-0.2, 0) is 29.7 Å². The summed E-state index contributed by atoms with van der Waals surface area (Å²) in [5.41, 5.74) is 1.65. The van der Waals surface area contributed by atoms with Crippen molar-refractivity contribution >= 4 is 17.6 Å². The highest BCUT2D eigenvalue weighted by Crippen LogP contribution is 2.13. The number of benzene rings is 1. The van der Waals surface area contributed by atoms with Gasteiger partial charge in [0, 0.05) is 38.3 Å². The largest absolute Gasteiger partial charge is 0.467 e. The van der Waals surface area contributed by atoms with E-state index in [0.717, 1.165) is 5.69 Å². The number of para-hydroxylation sites is 1. The van der Waals surface area contributed by atoms with Gasteiger partial charge in [-0.3, -0.25) is 4.79 Å². The van der Waals surface area contributed by atoms with Crippen molar-refractivity contribution in [3.63, 3.8) is 0 Å². The topological polar surface area (TPSA) is 80.0 Å². The lowest BCUT2D eigenvalue weighted by molar-refractivity contribution is -0.133. The van der Waals surface area contributed by atoms with E-state index in [2.05, 4.69) is 5.32 Å². The minimum absolute atomic E-state index is 0.0762. The number of aromatic nitrogens is 1. The predicted octanol–water partition coefficient (Wildman–Crippen LogP) is 3.33. The van der Waals surface area contributed by atoms with Gasteiger partial charge in [0.1, 0.15) is 12.3 Å². The van der Waals surface area contributed by atoms with E-state index in [1.807, 2.05) is 54.2 Å². The van der Waals surface area contributed by atoms with Gasteiger partial charge in [0.05, 0.1) is 26.0 Å². The standard InChI is InChI=1S/C23H28N4O4/c1-25-12-6-10-20(25)16-27(17-21-11-7-14-31-21)22(28)18-26(13-15-30-2)23(29)24-19-8-4-3-5-9-19/h3-12,14H,13,15-18H2,1-2H3,(H,24,29). The molecule has 8 nitrogen and oxygen atoms in total. The van der Waals surface area contributed by atoms with Crippen LogP contribution in [0, 0.1) is 0 Å². The molecular weight excluding hydrogens is 396 g/mol. The van der Waals surface area contributed by atoms with E-state index < -0.39 is 0 Å². The molecule has 0 radical (unpaired) electrons. The lowest BCUT2D eigenvalue weighted by atomic mass is 10.3. The first kappa shape index (κ1) is 22.2. The van der Waals surface area contributed by atoms with Gasteiger partial charge in [-0.15, -0.1) is 0 Å². The van der Waals surface area contributed by atoms with Gasteiger partial charge in [0.15, 0.2) is 0 Å². The van der Waals surface area contributed by atoms with E-state index in [4.69, 9.17) is 9.15 Å². The monoisotopic (exact) mass is 424 g/mol. The van der Waals surface area contributed by atoms with Crippen LogP contribution in [0.4, 0.5) is 10.5 Å². The van der Waals surface area contributed by atoms with Crippen molar-refractivity contribution in [2.75, 3.05) is 32.1 Å². The molecule has 1 N–H and O–H groups in total. The van der Waals surface area contributed by atoms with Crippen LogP contribution < -0.4 is 5.32 Å². The summed E-state index contributed by atoms with van der Waals surface area (Å²) in [5.74, 6) is 0.497. The summed E-state index contributed by atoms with van der Waals surface area (Å²) >= 11 is 0. The Morgan fingerprint density at radius 2 is 1.84 bits per heavy atom. The van der Waals surface area contributed by atoms with Crippen LogP contribution in [-0.4, -0.2) is 53.1 Å². The van der Waals surface area contributed by atoms with Gasteiger partial charge in [-0.05, 0) is 36.4 Å². The maximum absolute atomic E-state index is 13.2. The average Bonchev–Trinajstić information content (AvgIpc) is 3.43. The molecule has 0 atom stereocenters. The van der Waals surface area contributed by atoms with Crippen molar-refractivity contribution in [2.24, 2.45) is 7.05 Å². The number of hydrogen-bond acceptors (Lipinski definition) is 4. The number of nitrogens with zero attached hydrogens (tertiary/aromatic N) is 3. The summed E-state index contributed by atoms with van der Waals surface area (Å²) in [6, 6.07) is 16.3. The van der Waals surface area contributed by atoms with Crippen LogP contribution in [0.5, 0.6) is 0 Å². The number of nitrogens with one attached hydrogen (secondary N) is 1. The zero-order valence-electron chi connectivity index (χ0n) is 17.9. The number of hydrogen-bond donors (Lipinski definition) is 1. The fourth-order valence-corrected chi connectivity index (χ4v) is 3.12. The second-order valence-corrected chi connectivity index (χ2v) is 7.15. The minimum atomic E-state index is -0.353. The van der Waals surface area contributed by atoms with Crippen LogP contribution in [0.2, 0.25) is 0 Å². The summed E-state index contributed by atoms with van der Waals surface area (Å²) in [7, 11) is 3.50. The summed E-state index contributed by atoms with van der Waals surface area (Å²) in [6.07, 6.45) is 3.52. The third-order valence-corrected chi connectivity index (χ3v) is 4.89. The van der Waals surface area contributed by atoms with Crippen LogP contribution in [0.15, 0.2) is 71.5 Å². The fourth-order valence-electron chi connectivity index (χ4n) is 3.12. The van der Waals surface area contributed by atoms with Gasteiger partial charge in [0.25, 0.3) is 0 Å². The predicted molar refractivity (Wildman–Crippen MR) is 117 cm³/mol. The highest BCUT2D eigenvalue weighted by molar-refractivity contribution is 5.92. The Balaban J connectivity index is 1.73. The molecule has 2 heterocycles. The molecular formula is C23H28N4O4. The molecule has 0 aliphatic carbocycles. The average molecular weight is 425 g/mol. The SMILES string of the molecule is COCCN(CC(=O)N(Cc1ccco1)Cc1cccn1C)C(=O)Nc1ccccc1. The number of ether oxygens (including phenoxy) is 1. The van der Waals surface area contributed by atoms with E-state index in [9.17, 15) is 9.59 Å². The Labute approximate surface area is 182 Å². The Hall–Kier alpha value is -3.52. The Bertz CT molecular complexity index is 953. The third-order valence-electron chi connectivity index (χ3n) is 4.89. The van der Waals surface area contributed by atoms with Gasteiger partial charge in [-0.25, -0.2) is 4.79 Å². The number of anilines is 1. The van der Waals surface area contributed by atoms with Crippen LogP contribution in [0.3, 0.4) is 0 Å². The van der Waals surface area contributed by atoms with E-state index in [1.165, 1.54) is 4.90 Å². The van der Waals surface area contributed by atoms with Crippen LogP contribution in [0.1, 0.15) is 11.5 Å². The molecule has 8 heteroatoms. The molecule has 0 saturated carbocycles. The molecule has 0 unspecified atom stereocenters. The van der Waals surface area contributed by atoms with Gasteiger partial charge in [-0.1, -0.05) is 18.2 Å². The number of urea groups is 1. The molecule has 3 rings (SSSR count). The van der Waals surface area contributed by atoms with Crippen LogP contribution in [0.25, 0.3) is 0 Å². The van der Waals surface area contributed by atoms with Gasteiger partial charge in [-0.2, -0.15) is 0 Å². The first-order chi connectivity index (χ1) is 15.1. The van der Waals surface area contributed by atoms with E-state index in [1.54, 1.807) is 36.5 Å². The molecule has 3 amide bonds. The third kappa shape index (κ3) is 6.48. The maximum Gasteiger partial charge on any atom is 0.322 e. The zero-order valence-corrected chi connectivity index (χ0v) is 17.9. The number of carbonyl (C=O) groups excluding carboxylic acids is 2. The highest BCUT2D eigenvalue weighted by Gasteiger charge is 2.23. The molecule has 1 aromatic carbocycles. The molecule has 31 heavy (non-hydrogen) atoms. The normalized spacial score (nSPS) is 10.6. The number of carbonyl (C=O) groups is 2. The lowest BCUT2D eigenvalue weighted by Crippen LogP contribution is -2.45. The first-order valence-electron chi connectivity index (χ1n) is 10.1. The number of rotatable bonds is 10. The van der Waals surface area contributed by atoms with Crippen molar-refractivity contribution in [1.29, 1.82) is 0 Å². The minimum Gasteiger partial charge on any atom is -0.467 e. The number of methoxy groups -OCH3 is 1. The van der Waals surface area contributed by atoms with E-state index in [-0.39, 0.29) is 18.5 Å². The van der Waals surface area contributed by atoms with Crippen molar-refractivity contribution < 1.29 is 18.7 Å². The van der Waals surface area contributed by atoms with Crippen molar-refractivity contribution in [1.82, 2.24) is 14.4 Å². The molecule has 0 fully saturated rings. The van der Waals surface area contributed by atoms with Crippen molar-refractivity contribution in [2.45, 2.75) is 13.1 Å². The molecule has 0 spiro atoms. The summed E-state index contributed by atoms with van der Waals surface area (Å²) < 4.78 is 12.5. The van der Waals surface area contributed by atoms with Crippen molar-refractivity contribution in [3.05, 3.63) is 78.5 Å². The zero-order chi connectivity index (χ0) is 22.1. The van der Waals surface area contributed by atoms with Gasteiger partial charge in [0.2, 0.25) is 5.91 Å². The quantitative estimate of drug-likeness (QED) is 0.541. The second kappa shape index (κ2) is 11.0. The van der Waals surface area contributed by atoms with Gasteiger partial charge < -0.3 is 28.8 Å². The van der Waals surface area contributed by atoms with Crippen LogP contribution >= 0.6 is 0 Å². The number of furan rings is 1. The highest BCUT2D eigenvalue weighted by atomic mass is 16.5. The summed E-state index contributed by atoms with van der Waals surface area (Å²) in [5, 5.41) is 2.83. The second-order valence-electron chi connectivity index (χ2n) is 7.15. The van der Waals surface area contributed by atoms with Crippen molar-refractivity contribution in [3.8, 4) is 0 Å². The first-order valence-corrected chi connectivity index (χ1v) is 10.1. The molecule has 0 aliphatic rings. The Kier molecular flexibility index (Phi) is 7.89. The lowest BCUT2D eigenvalue weighted by Gasteiger charge is -2.27. The van der Waals surface area contributed by atoms with E-state index >= 15 is 0 Å². The summed E-state index contributed by atoms with van der Waals surface area (Å²) in [6.45, 7) is 1.26. The molecule has 0 aliphatic heterocycles. The Morgan fingerprint density at radius 1 is 1.03 bits per heavy atom. The fraction of sp³-hybridized carbons (Fsp3) is 0.304. The van der Waals surface area contributed by atoms with E-state index in [0.29, 0.717) is 37.7 Å². The number of aryl methyl sites for hydroxylation is 1.